The Morgan fingerprint density at radius 3 is 2.67 bits per heavy atom. The van der Waals surface area contributed by atoms with Gasteiger partial charge in [-0.3, -0.25) is 0 Å². The van der Waals surface area contributed by atoms with Crippen molar-refractivity contribution in [2.75, 3.05) is 6.54 Å². The molecule has 0 fully saturated rings. The van der Waals surface area contributed by atoms with Crippen LogP contribution in [0.1, 0.15) is 45.6 Å². The van der Waals surface area contributed by atoms with Crippen LogP contribution in [0.5, 0.6) is 5.75 Å². The highest BCUT2D eigenvalue weighted by atomic mass is 79.9. The first-order valence-electron chi connectivity index (χ1n) is 6.83. The number of halogens is 1. The highest BCUT2D eigenvalue weighted by Crippen LogP contribution is 2.27. The highest BCUT2D eigenvalue weighted by Gasteiger charge is 2.07. The van der Waals surface area contributed by atoms with Crippen molar-refractivity contribution in [3.05, 3.63) is 28.2 Å². The van der Waals surface area contributed by atoms with E-state index in [1.54, 1.807) is 0 Å². The molecule has 0 aromatic heterocycles. The average Bonchev–Trinajstić information content (AvgIpc) is 2.33. The Morgan fingerprint density at radius 1 is 1.28 bits per heavy atom. The largest absolute Gasteiger partial charge is 0.490 e. The zero-order valence-corrected chi connectivity index (χ0v) is 13.2. The molecule has 0 aliphatic carbocycles. The fourth-order valence-electron chi connectivity index (χ4n) is 1.84. The van der Waals surface area contributed by atoms with Gasteiger partial charge in [0, 0.05) is 6.54 Å². The molecule has 0 heterocycles. The van der Waals surface area contributed by atoms with Crippen molar-refractivity contribution >= 4 is 15.9 Å². The van der Waals surface area contributed by atoms with E-state index in [0.717, 1.165) is 42.6 Å². The Balaban J connectivity index is 2.56. The van der Waals surface area contributed by atoms with E-state index in [4.69, 9.17) is 4.74 Å². The van der Waals surface area contributed by atoms with Gasteiger partial charge in [0.15, 0.2) is 0 Å². The summed E-state index contributed by atoms with van der Waals surface area (Å²) in [6, 6.07) is 6.32. The van der Waals surface area contributed by atoms with Crippen LogP contribution in [0.15, 0.2) is 22.7 Å². The van der Waals surface area contributed by atoms with E-state index in [-0.39, 0.29) is 6.10 Å². The standard InChI is InChI=1S/C15H24BrNO/c1-4-6-12(3)18-15-8-7-13(10-14(15)16)11-17-9-5-2/h7-8,10,12,17H,4-6,9,11H2,1-3H3. The van der Waals surface area contributed by atoms with Crippen LogP contribution in [0.3, 0.4) is 0 Å². The Kier molecular flexibility index (Phi) is 7.36. The number of rotatable bonds is 8. The highest BCUT2D eigenvalue weighted by molar-refractivity contribution is 9.10. The lowest BCUT2D eigenvalue weighted by molar-refractivity contribution is 0.208. The quantitative estimate of drug-likeness (QED) is 0.713. The summed E-state index contributed by atoms with van der Waals surface area (Å²) in [6.45, 7) is 8.44. The molecule has 1 aromatic rings. The summed E-state index contributed by atoms with van der Waals surface area (Å²) in [7, 11) is 0. The van der Waals surface area contributed by atoms with Gasteiger partial charge in [0.2, 0.25) is 0 Å². The molecule has 0 spiro atoms. The zero-order chi connectivity index (χ0) is 13.4. The topological polar surface area (TPSA) is 21.3 Å². The smallest absolute Gasteiger partial charge is 0.133 e. The van der Waals surface area contributed by atoms with Gasteiger partial charge in [-0.1, -0.05) is 26.3 Å². The van der Waals surface area contributed by atoms with E-state index in [2.05, 4.69) is 60.2 Å². The molecule has 2 nitrogen and oxygen atoms in total. The molecular formula is C15H24BrNO. The van der Waals surface area contributed by atoms with E-state index < -0.39 is 0 Å². The third-order valence-corrected chi connectivity index (χ3v) is 3.40. The molecule has 1 aromatic carbocycles. The second-order valence-electron chi connectivity index (χ2n) is 4.66. The van der Waals surface area contributed by atoms with Crippen LogP contribution >= 0.6 is 15.9 Å². The fraction of sp³-hybridized carbons (Fsp3) is 0.600. The second kappa shape index (κ2) is 8.54. The summed E-state index contributed by atoms with van der Waals surface area (Å²) in [5.41, 5.74) is 1.28. The molecule has 0 saturated heterocycles. The van der Waals surface area contributed by atoms with Gasteiger partial charge in [0.25, 0.3) is 0 Å². The fourth-order valence-corrected chi connectivity index (χ4v) is 2.36. The van der Waals surface area contributed by atoms with Gasteiger partial charge in [0.05, 0.1) is 10.6 Å². The lowest BCUT2D eigenvalue weighted by Crippen LogP contribution is -2.14. The van der Waals surface area contributed by atoms with Crippen molar-refractivity contribution in [2.45, 2.75) is 52.7 Å². The number of benzene rings is 1. The van der Waals surface area contributed by atoms with Crippen LogP contribution in [-0.2, 0) is 6.54 Å². The lowest BCUT2D eigenvalue weighted by Gasteiger charge is -2.15. The monoisotopic (exact) mass is 313 g/mol. The Hall–Kier alpha value is -0.540. The van der Waals surface area contributed by atoms with Crippen molar-refractivity contribution < 1.29 is 4.74 Å². The maximum atomic E-state index is 5.90. The Labute approximate surface area is 119 Å². The molecular weight excluding hydrogens is 290 g/mol. The molecule has 0 bridgehead atoms. The third-order valence-electron chi connectivity index (χ3n) is 2.78. The zero-order valence-electron chi connectivity index (χ0n) is 11.6. The molecule has 102 valence electrons. The lowest BCUT2D eigenvalue weighted by atomic mass is 10.2. The van der Waals surface area contributed by atoms with Gasteiger partial charge in [0.1, 0.15) is 5.75 Å². The average molecular weight is 314 g/mol. The summed E-state index contributed by atoms with van der Waals surface area (Å²) in [6.07, 6.45) is 3.68. The minimum Gasteiger partial charge on any atom is -0.490 e. The molecule has 0 aliphatic rings. The number of hydrogen-bond acceptors (Lipinski definition) is 2. The molecule has 0 radical (unpaired) electrons. The van der Waals surface area contributed by atoms with Crippen molar-refractivity contribution in [3.8, 4) is 5.75 Å². The number of nitrogens with one attached hydrogen (secondary N) is 1. The summed E-state index contributed by atoms with van der Waals surface area (Å²) in [4.78, 5) is 0. The van der Waals surface area contributed by atoms with E-state index in [1.165, 1.54) is 5.56 Å². The van der Waals surface area contributed by atoms with E-state index in [9.17, 15) is 0 Å². The molecule has 1 unspecified atom stereocenters. The van der Waals surface area contributed by atoms with E-state index in [1.807, 2.05) is 0 Å². The minimum atomic E-state index is 0.273. The summed E-state index contributed by atoms with van der Waals surface area (Å²) >= 11 is 3.58. The summed E-state index contributed by atoms with van der Waals surface area (Å²) in [5.74, 6) is 0.940. The molecule has 0 aliphatic heterocycles. The first-order chi connectivity index (χ1) is 8.67. The van der Waals surface area contributed by atoms with Crippen molar-refractivity contribution in [1.82, 2.24) is 5.32 Å². The second-order valence-corrected chi connectivity index (χ2v) is 5.51. The molecule has 1 atom stereocenters. The van der Waals surface area contributed by atoms with Crippen molar-refractivity contribution in [3.63, 3.8) is 0 Å². The van der Waals surface area contributed by atoms with Crippen LogP contribution in [0, 0.1) is 0 Å². The number of hydrogen-bond donors (Lipinski definition) is 1. The van der Waals surface area contributed by atoms with Crippen molar-refractivity contribution in [2.24, 2.45) is 0 Å². The molecule has 1 N–H and O–H groups in total. The van der Waals surface area contributed by atoms with Crippen LogP contribution < -0.4 is 10.1 Å². The summed E-state index contributed by atoms with van der Waals surface area (Å²) < 4.78 is 6.94. The number of ether oxygens (including phenoxy) is 1. The Bertz CT molecular complexity index is 354. The van der Waals surface area contributed by atoms with Gasteiger partial charge in [-0.15, -0.1) is 0 Å². The molecule has 1 rings (SSSR count). The third kappa shape index (κ3) is 5.40. The first-order valence-corrected chi connectivity index (χ1v) is 7.62. The van der Waals surface area contributed by atoms with Crippen LogP contribution in [0.2, 0.25) is 0 Å². The van der Waals surface area contributed by atoms with E-state index in [0.29, 0.717) is 0 Å². The SMILES string of the molecule is CCCNCc1ccc(OC(C)CCC)c(Br)c1. The summed E-state index contributed by atoms with van der Waals surface area (Å²) in [5, 5.41) is 3.40. The van der Waals surface area contributed by atoms with Crippen LogP contribution in [0.4, 0.5) is 0 Å². The minimum absolute atomic E-state index is 0.273. The van der Waals surface area contributed by atoms with Crippen LogP contribution in [0.25, 0.3) is 0 Å². The molecule has 0 saturated carbocycles. The van der Waals surface area contributed by atoms with Crippen LogP contribution in [-0.4, -0.2) is 12.6 Å². The van der Waals surface area contributed by atoms with Gasteiger partial charge in [-0.05, 0) is 59.9 Å². The van der Waals surface area contributed by atoms with Crippen molar-refractivity contribution in [1.29, 1.82) is 0 Å². The normalized spacial score (nSPS) is 12.4. The molecule has 18 heavy (non-hydrogen) atoms. The first kappa shape index (κ1) is 15.5. The van der Waals surface area contributed by atoms with E-state index >= 15 is 0 Å². The maximum Gasteiger partial charge on any atom is 0.133 e. The van der Waals surface area contributed by atoms with Gasteiger partial charge in [-0.25, -0.2) is 0 Å². The molecule has 3 heteroatoms. The van der Waals surface area contributed by atoms with Gasteiger partial charge in [-0.2, -0.15) is 0 Å². The predicted molar refractivity (Wildman–Crippen MR) is 81.1 cm³/mol. The van der Waals surface area contributed by atoms with Gasteiger partial charge < -0.3 is 10.1 Å². The maximum absolute atomic E-state index is 5.90. The molecule has 0 amide bonds. The van der Waals surface area contributed by atoms with Gasteiger partial charge >= 0.3 is 0 Å². The Morgan fingerprint density at radius 2 is 2.06 bits per heavy atom. The predicted octanol–water partition coefficient (Wildman–Crippen LogP) is 4.52.